The zero-order valence-corrected chi connectivity index (χ0v) is 12.1. The molecule has 0 spiro atoms. The Balaban J connectivity index is 2.69. The highest BCUT2D eigenvalue weighted by molar-refractivity contribution is 6.31. The van der Waals surface area contributed by atoms with Crippen molar-refractivity contribution in [3.05, 3.63) is 47.0 Å². The molecule has 0 heterocycles. The maximum Gasteiger partial charge on any atom is 0.338 e. The van der Waals surface area contributed by atoms with Gasteiger partial charge in [-0.25, -0.2) is 4.79 Å². The molecule has 0 saturated heterocycles. The molecular weight excluding hydrogens is 276 g/mol. The lowest BCUT2D eigenvalue weighted by Gasteiger charge is -2.13. The number of ether oxygens (including phenoxy) is 1. The zero-order chi connectivity index (χ0) is 14.9. The number of benzene rings is 2. The second-order valence-corrected chi connectivity index (χ2v) is 5.03. The number of carbonyl (C=O) groups is 1. The first kappa shape index (κ1) is 14.4. The van der Waals surface area contributed by atoms with Crippen LogP contribution in [0.3, 0.4) is 0 Å². The summed E-state index contributed by atoms with van der Waals surface area (Å²) < 4.78 is 5.41. The molecular formula is C16H15ClO3. The minimum atomic E-state index is -0.485. The van der Waals surface area contributed by atoms with Crippen molar-refractivity contribution >= 4 is 28.3 Å². The molecule has 0 aromatic heterocycles. The fourth-order valence-corrected chi connectivity index (χ4v) is 2.14. The van der Waals surface area contributed by atoms with Crippen LogP contribution in [-0.4, -0.2) is 11.1 Å². The van der Waals surface area contributed by atoms with Crippen molar-refractivity contribution in [2.75, 3.05) is 0 Å². The first-order valence-corrected chi connectivity index (χ1v) is 6.63. The van der Waals surface area contributed by atoms with Crippen molar-refractivity contribution in [1.82, 2.24) is 0 Å². The first-order chi connectivity index (χ1) is 9.43. The average Bonchev–Trinajstić information content (AvgIpc) is 2.41. The molecule has 1 N–H and O–H groups in total. The number of rotatable bonds is 3. The van der Waals surface area contributed by atoms with Gasteiger partial charge in [-0.15, -0.1) is 0 Å². The third-order valence-electron chi connectivity index (χ3n) is 3.03. The molecule has 2 aromatic rings. The Morgan fingerprint density at radius 3 is 2.65 bits per heavy atom. The van der Waals surface area contributed by atoms with Crippen molar-refractivity contribution in [1.29, 1.82) is 0 Å². The molecule has 0 unspecified atom stereocenters. The van der Waals surface area contributed by atoms with Gasteiger partial charge in [0.05, 0.1) is 0 Å². The lowest BCUT2D eigenvalue weighted by molar-refractivity contribution is -0.130. The van der Waals surface area contributed by atoms with Crippen LogP contribution in [0.2, 0.25) is 5.02 Å². The fourth-order valence-electron chi connectivity index (χ4n) is 1.97. The fraction of sp³-hybridized carbons (Fsp3) is 0.188. The third-order valence-corrected chi connectivity index (χ3v) is 3.26. The summed E-state index contributed by atoms with van der Waals surface area (Å²) >= 11 is 5.94. The van der Waals surface area contributed by atoms with Crippen LogP contribution >= 0.6 is 11.6 Å². The van der Waals surface area contributed by atoms with E-state index in [0.717, 1.165) is 5.56 Å². The average molecular weight is 291 g/mol. The highest BCUT2D eigenvalue weighted by Gasteiger charge is 2.16. The quantitative estimate of drug-likeness (QED) is 0.522. The van der Waals surface area contributed by atoms with Gasteiger partial charge in [-0.1, -0.05) is 25.1 Å². The minimum Gasteiger partial charge on any atom is -0.507 e. The van der Waals surface area contributed by atoms with Gasteiger partial charge in [-0.2, -0.15) is 0 Å². The van der Waals surface area contributed by atoms with Crippen LogP contribution in [0.25, 0.3) is 10.8 Å². The molecule has 2 aromatic carbocycles. The second-order valence-electron chi connectivity index (χ2n) is 4.60. The van der Waals surface area contributed by atoms with Gasteiger partial charge in [0.15, 0.2) is 0 Å². The molecule has 0 saturated carbocycles. The van der Waals surface area contributed by atoms with Crippen molar-refractivity contribution in [3.63, 3.8) is 0 Å². The van der Waals surface area contributed by atoms with Gasteiger partial charge in [-0.3, -0.25) is 0 Å². The normalized spacial score (nSPS) is 10.6. The largest absolute Gasteiger partial charge is 0.507 e. The Hall–Kier alpha value is -2.00. The van der Waals surface area contributed by atoms with E-state index in [1.165, 1.54) is 0 Å². The molecule has 0 aliphatic carbocycles. The van der Waals surface area contributed by atoms with Crippen LogP contribution in [0, 0.1) is 0 Å². The number of esters is 1. The molecule has 0 fully saturated rings. The number of aromatic hydroxyl groups is 1. The number of carbonyl (C=O) groups excluding carboxylic acids is 1. The highest BCUT2D eigenvalue weighted by atomic mass is 35.5. The van der Waals surface area contributed by atoms with Crippen molar-refractivity contribution < 1.29 is 14.6 Å². The predicted molar refractivity (Wildman–Crippen MR) is 80.4 cm³/mol. The van der Waals surface area contributed by atoms with E-state index in [-0.39, 0.29) is 5.75 Å². The molecule has 0 atom stereocenters. The summed E-state index contributed by atoms with van der Waals surface area (Å²) in [6.07, 6.45) is 0.630. The number of phenols is 1. The van der Waals surface area contributed by atoms with Gasteiger partial charge in [0.1, 0.15) is 11.5 Å². The van der Waals surface area contributed by atoms with E-state index in [1.54, 1.807) is 31.2 Å². The van der Waals surface area contributed by atoms with Gasteiger partial charge in [0.2, 0.25) is 0 Å². The Labute approximate surface area is 122 Å². The summed E-state index contributed by atoms with van der Waals surface area (Å²) in [6, 6.07) is 6.67. The molecule has 0 radical (unpaired) electrons. The van der Waals surface area contributed by atoms with Crippen molar-refractivity contribution in [2.45, 2.75) is 20.3 Å². The molecule has 20 heavy (non-hydrogen) atoms. The molecule has 3 nitrogen and oxygen atoms in total. The van der Waals surface area contributed by atoms with E-state index in [4.69, 9.17) is 16.3 Å². The van der Waals surface area contributed by atoms with Crippen LogP contribution in [0.4, 0.5) is 0 Å². The topological polar surface area (TPSA) is 46.5 Å². The van der Waals surface area contributed by atoms with Crippen molar-refractivity contribution in [2.24, 2.45) is 0 Å². The maximum atomic E-state index is 11.8. The SMILES string of the molecule is C=C(C)C(=O)Oc1c(CC)cc(O)c2cc(Cl)ccc12. The van der Waals surface area contributed by atoms with Crippen LogP contribution in [0.5, 0.6) is 11.5 Å². The first-order valence-electron chi connectivity index (χ1n) is 6.25. The number of phenolic OH excluding ortho intramolecular Hbond substituents is 1. The van der Waals surface area contributed by atoms with E-state index in [9.17, 15) is 9.90 Å². The van der Waals surface area contributed by atoms with Gasteiger partial charge in [-0.05, 0) is 43.2 Å². The minimum absolute atomic E-state index is 0.120. The highest BCUT2D eigenvalue weighted by Crippen LogP contribution is 2.38. The van der Waals surface area contributed by atoms with E-state index in [2.05, 4.69) is 6.58 Å². The molecule has 4 heteroatoms. The summed E-state index contributed by atoms with van der Waals surface area (Å²) in [4.78, 5) is 11.8. The van der Waals surface area contributed by atoms with Crippen molar-refractivity contribution in [3.8, 4) is 11.5 Å². The van der Waals surface area contributed by atoms with E-state index in [0.29, 0.717) is 33.5 Å². The van der Waals surface area contributed by atoms with Gasteiger partial charge in [0, 0.05) is 21.4 Å². The number of hydrogen-bond acceptors (Lipinski definition) is 3. The summed E-state index contributed by atoms with van der Waals surface area (Å²) in [5.41, 5.74) is 1.08. The number of aryl methyl sites for hydroxylation is 1. The zero-order valence-electron chi connectivity index (χ0n) is 11.4. The second kappa shape index (κ2) is 5.55. The predicted octanol–water partition coefficient (Wildman–Crippen LogP) is 4.24. The maximum absolute atomic E-state index is 11.8. The molecule has 0 bridgehead atoms. The molecule has 0 aliphatic rings. The molecule has 2 rings (SSSR count). The van der Waals surface area contributed by atoms with Gasteiger partial charge >= 0.3 is 5.97 Å². The Morgan fingerprint density at radius 1 is 1.35 bits per heavy atom. The molecule has 104 valence electrons. The van der Waals surface area contributed by atoms with E-state index < -0.39 is 5.97 Å². The van der Waals surface area contributed by atoms with Crippen LogP contribution in [-0.2, 0) is 11.2 Å². The smallest absolute Gasteiger partial charge is 0.338 e. The molecule has 0 aliphatic heterocycles. The number of halogens is 1. The summed E-state index contributed by atoms with van der Waals surface area (Å²) in [5.74, 6) is 0.0843. The number of fused-ring (bicyclic) bond motifs is 1. The molecule has 0 amide bonds. The monoisotopic (exact) mass is 290 g/mol. The third kappa shape index (κ3) is 2.63. The van der Waals surface area contributed by atoms with Crippen LogP contribution in [0.1, 0.15) is 19.4 Å². The summed E-state index contributed by atoms with van der Waals surface area (Å²) in [5, 5.41) is 11.8. The Morgan fingerprint density at radius 2 is 2.05 bits per heavy atom. The Bertz CT molecular complexity index is 704. The van der Waals surface area contributed by atoms with Gasteiger partial charge < -0.3 is 9.84 Å². The van der Waals surface area contributed by atoms with Crippen LogP contribution < -0.4 is 4.74 Å². The lowest BCUT2D eigenvalue weighted by Crippen LogP contribution is -2.10. The lowest BCUT2D eigenvalue weighted by atomic mass is 10.0. The Kier molecular flexibility index (Phi) is 4.00. The van der Waals surface area contributed by atoms with Gasteiger partial charge in [0.25, 0.3) is 0 Å². The van der Waals surface area contributed by atoms with E-state index in [1.807, 2.05) is 6.92 Å². The standard InChI is InChI=1S/C16H15ClO3/c1-4-10-7-14(18)13-8-11(17)5-6-12(13)15(10)20-16(19)9(2)3/h5-8,18H,2,4H2,1,3H3. The number of hydrogen-bond donors (Lipinski definition) is 1. The summed E-state index contributed by atoms with van der Waals surface area (Å²) in [7, 11) is 0. The van der Waals surface area contributed by atoms with Crippen LogP contribution in [0.15, 0.2) is 36.4 Å². The van der Waals surface area contributed by atoms with E-state index >= 15 is 0 Å². The summed E-state index contributed by atoms with van der Waals surface area (Å²) in [6.45, 7) is 7.09.